The van der Waals surface area contributed by atoms with Crippen LogP contribution in [0.5, 0.6) is 0 Å². The van der Waals surface area contributed by atoms with Crippen molar-refractivity contribution in [2.75, 3.05) is 5.32 Å². The normalized spacial score (nSPS) is 10.9. The summed E-state index contributed by atoms with van der Waals surface area (Å²) in [5.74, 6) is -1.86. The van der Waals surface area contributed by atoms with Crippen LogP contribution >= 0.6 is 0 Å². The van der Waals surface area contributed by atoms with Crippen LogP contribution in [-0.2, 0) is 0 Å². The first-order valence-corrected chi connectivity index (χ1v) is 7.71. The standard InChI is InChI=1S/C19H11F3N4/c20-14-6-5-12(10-15(14)21)24-19-13-3-1-2-4-16(13)25-18(26-19)11-7-8-23-17(22)9-11/h1-10H,(H,24,25,26). The quantitative estimate of drug-likeness (QED) is 0.536. The average Bonchev–Trinajstić information content (AvgIpc) is 2.65. The van der Waals surface area contributed by atoms with Crippen molar-refractivity contribution in [2.24, 2.45) is 0 Å². The van der Waals surface area contributed by atoms with E-state index in [1.807, 2.05) is 12.1 Å². The Morgan fingerprint density at radius 2 is 1.65 bits per heavy atom. The number of nitrogens with one attached hydrogen (secondary N) is 1. The number of anilines is 2. The van der Waals surface area contributed by atoms with Gasteiger partial charge in [-0.05, 0) is 30.3 Å². The summed E-state index contributed by atoms with van der Waals surface area (Å²) in [6, 6.07) is 13.5. The number of benzene rings is 2. The Kier molecular flexibility index (Phi) is 3.96. The maximum absolute atomic E-state index is 13.5. The Labute approximate surface area is 146 Å². The van der Waals surface area contributed by atoms with E-state index in [0.717, 1.165) is 12.1 Å². The second-order valence-electron chi connectivity index (χ2n) is 5.53. The third kappa shape index (κ3) is 3.06. The molecule has 0 atom stereocenters. The van der Waals surface area contributed by atoms with Crippen LogP contribution in [0.3, 0.4) is 0 Å². The molecule has 2 aromatic carbocycles. The van der Waals surface area contributed by atoms with Crippen LogP contribution in [0.15, 0.2) is 60.8 Å². The number of hydrogen-bond donors (Lipinski definition) is 1. The third-order valence-electron chi connectivity index (χ3n) is 3.77. The Morgan fingerprint density at radius 3 is 2.46 bits per heavy atom. The van der Waals surface area contributed by atoms with Crippen LogP contribution in [-0.4, -0.2) is 15.0 Å². The van der Waals surface area contributed by atoms with E-state index in [9.17, 15) is 13.2 Å². The van der Waals surface area contributed by atoms with Gasteiger partial charge in [-0.25, -0.2) is 23.7 Å². The number of hydrogen-bond acceptors (Lipinski definition) is 4. The summed E-state index contributed by atoms with van der Waals surface area (Å²) in [6.07, 6.45) is 1.33. The zero-order chi connectivity index (χ0) is 18.1. The van der Waals surface area contributed by atoms with Crippen molar-refractivity contribution >= 4 is 22.4 Å². The third-order valence-corrected chi connectivity index (χ3v) is 3.77. The van der Waals surface area contributed by atoms with Crippen LogP contribution < -0.4 is 5.32 Å². The molecule has 0 bridgehead atoms. The number of halogens is 3. The molecule has 1 N–H and O–H groups in total. The zero-order valence-corrected chi connectivity index (χ0v) is 13.2. The van der Waals surface area contributed by atoms with Gasteiger partial charge in [-0.15, -0.1) is 0 Å². The predicted molar refractivity (Wildman–Crippen MR) is 92.4 cm³/mol. The number of fused-ring (bicyclic) bond motifs is 1. The van der Waals surface area contributed by atoms with E-state index in [4.69, 9.17) is 0 Å². The molecule has 0 aliphatic heterocycles. The minimum Gasteiger partial charge on any atom is -0.340 e. The fraction of sp³-hybridized carbons (Fsp3) is 0. The zero-order valence-electron chi connectivity index (χ0n) is 13.2. The number of aromatic nitrogens is 3. The maximum Gasteiger partial charge on any atom is 0.213 e. The molecular formula is C19H11F3N4. The second-order valence-corrected chi connectivity index (χ2v) is 5.53. The highest BCUT2D eigenvalue weighted by atomic mass is 19.2. The molecule has 0 radical (unpaired) electrons. The fourth-order valence-corrected chi connectivity index (χ4v) is 2.55. The molecular weight excluding hydrogens is 341 g/mol. The van der Waals surface area contributed by atoms with Crippen molar-refractivity contribution in [3.63, 3.8) is 0 Å². The molecule has 26 heavy (non-hydrogen) atoms. The summed E-state index contributed by atoms with van der Waals surface area (Å²) in [7, 11) is 0. The minimum absolute atomic E-state index is 0.287. The average molecular weight is 352 g/mol. The molecule has 0 spiro atoms. The number of nitrogens with zero attached hydrogens (tertiary/aromatic N) is 3. The fourth-order valence-electron chi connectivity index (χ4n) is 2.55. The Hall–Kier alpha value is -3.48. The first-order valence-electron chi connectivity index (χ1n) is 7.71. The van der Waals surface area contributed by atoms with Gasteiger partial charge in [0, 0.05) is 35.0 Å². The van der Waals surface area contributed by atoms with Gasteiger partial charge in [0.05, 0.1) is 5.52 Å². The molecule has 4 aromatic rings. The van der Waals surface area contributed by atoms with Gasteiger partial charge in [0.25, 0.3) is 0 Å². The number of para-hydroxylation sites is 1. The van der Waals surface area contributed by atoms with E-state index < -0.39 is 17.6 Å². The van der Waals surface area contributed by atoms with Gasteiger partial charge in [0.1, 0.15) is 5.82 Å². The minimum atomic E-state index is -0.968. The van der Waals surface area contributed by atoms with Crippen LogP contribution in [0, 0.1) is 17.6 Å². The van der Waals surface area contributed by atoms with Crippen molar-refractivity contribution < 1.29 is 13.2 Å². The summed E-state index contributed by atoms with van der Waals surface area (Å²) in [5.41, 5.74) is 1.41. The number of rotatable bonds is 3. The van der Waals surface area contributed by atoms with E-state index in [-0.39, 0.29) is 5.82 Å². The Morgan fingerprint density at radius 1 is 0.808 bits per heavy atom. The van der Waals surface area contributed by atoms with Gasteiger partial charge >= 0.3 is 0 Å². The largest absolute Gasteiger partial charge is 0.340 e. The van der Waals surface area contributed by atoms with Crippen LogP contribution in [0.25, 0.3) is 22.3 Å². The van der Waals surface area contributed by atoms with Crippen molar-refractivity contribution in [1.82, 2.24) is 15.0 Å². The van der Waals surface area contributed by atoms with Gasteiger partial charge in [0.2, 0.25) is 5.95 Å². The highest BCUT2D eigenvalue weighted by Gasteiger charge is 2.11. The first-order chi connectivity index (χ1) is 12.6. The highest BCUT2D eigenvalue weighted by molar-refractivity contribution is 5.92. The monoisotopic (exact) mass is 352 g/mol. The van der Waals surface area contributed by atoms with Gasteiger partial charge < -0.3 is 5.32 Å². The van der Waals surface area contributed by atoms with E-state index in [1.54, 1.807) is 18.2 Å². The molecule has 4 nitrogen and oxygen atoms in total. The topological polar surface area (TPSA) is 50.7 Å². The molecule has 2 heterocycles. The summed E-state index contributed by atoms with van der Waals surface area (Å²) in [4.78, 5) is 12.4. The molecule has 0 fully saturated rings. The predicted octanol–water partition coefficient (Wildman–Crippen LogP) is 4.85. The molecule has 2 aromatic heterocycles. The molecule has 0 saturated heterocycles. The van der Waals surface area contributed by atoms with Gasteiger partial charge in [-0.3, -0.25) is 0 Å². The molecule has 0 saturated carbocycles. The number of pyridine rings is 1. The Balaban J connectivity index is 1.85. The highest BCUT2D eigenvalue weighted by Crippen LogP contribution is 2.27. The molecule has 0 unspecified atom stereocenters. The van der Waals surface area contributed by atoms with E-state index in [2.05, 4.69) is 20.3 Å². The van der Waals surface area contributed by atoms with Crippen molar-refractivity contribution in [3.8, 4) is 11.4 Å². The summed E-state index contributed by atoms with van der Waals surface area (Å²) < 4.78 is 40.1. The van der Waals surface area contributed by atoms with Gasteiger partial charge in [0.15, 0.2) is 17.5 Å². The van der Waals surface area contributed by atoms with E-state index in [0.29, 0.717) is 28.0 Å². The lowest BCUT2D eigenvalue weighted by molar-refractivity contribution is 0.509. The summed E-state index contributed by atoms with van der Waals surface area (Å²) >= 11 is 0. The van der Waals surface area contributed by atoms with Crippen molar-refractivity contribution in [3.05, 3.63) is 78.4 Å². The van der Waals surface area contributed by atoms with Crippen molar-refractivity contribution in [1.29, 1.82) is 0 Å². The van der Waals surface area contributed by atoms with E-state index >= 15 is 0 Å². The van der Waals surface area contributed by atoms with E-state index in [1.165, 1.54) is 18.3 Å². The SMILES string of the molecule is Fc1cc(-c2nc(Nc3ccc(F)c(F)c3)c3ccccc3n2)ccn1. The molecule has 0 aliphatic rings. The maximum atomic E-state index is 13.5. The molecule has 4 rings (SSSR count). The molecule has 7 heteroatoms. The summed E-state index contributed by atoms with van der Waals surface area (Å²) in [5, 5.41) is 3.66. The van der Waals surface area contributed by atoms with Crippen LogP contribution in [0.1, 0.15) is 0 Å². The molecule has 128 valence electrons. The lowest BCUT2D eigenvalue weighted by Crippen LogP contribution is -2.00. The molecule has 0 aliphatic carbocycles. The van der Waals surface area contributed by atoms with Gasteiger partial charge in [-0.1, -0.05) is 12.1 Å². The lowest BCUT2D eigenvalue weighted by Gasteiger charge is -2.11. The lowest BCUT2D eigenvalue weighted by atomic mass is 10.2. The first kappa shape index (κ1) is 16.0. The second kappa shape index (κ2) is 6.44. The molecule has 0 amide bonds. The van der Waals surface area contributed by atoms with Crippen LogP contribution in [0.4, 0.5) is 24.7 Å². The van der Waals surface area contributed by atoms with Crippen LogP contribution in [0.2, 0.25) is 0 Å². The smallest absolute Gasteiger partial charge is 0.213 e. The van der Waals surface area contributed by atoms with Gasteiger partial charge in [-0.2, -0.15) is 4.39 Å². The summed E-state index contributed by atoms with van der Waals surface area (Å²) in [6.45, 7) is 0. The Bertz CT molecular complexity index is 1110. The van der Waals surface area contributed by atoms with Crippen molar-refractivity contribution in [2.45, 2.75) is 0 Å².